The van der Waals surface area contributed by atoms with Gasteiger partial charge in [0.2, 0.25) is 0 Å². The van der Waals surface area contributed by atoms with Crippen LogP contribution in [0, 0.1) is 0 Å². The first-order valence-corrected chi connectivity index (χ1v) is 6.99. The number of aromatic nitrogens is 1. The van der Waals surface area contributed by atoms with E-state index in [-0.39, 0.29) is 0 Å². The number of nitrogens with zero attached hydrogens (tertiary/aromatic N) is 1. The normalized spacial score (nSPS) is 11.5. The molecule has 4 nitrogen and oxygen atoms in total. The van der Waals surface area contributed by atoms with E-state index in [1.54, 1.807) is 13.3 Å². The van der Waals surface area contributed by atoms with Crippen LogP contribution in [0.2, 0.25) is 0 Å². The predicted molar refractivity (Wildman–Crippen MR) is 86.9 cm³/mol. The number of allylic oxidation sites excluding steroid dienone is 1. The molecule has 108 valence electrons. The average molecular weight is 291 g/mol. The minimum Gasteiger partial charge on any atom is -0.493 e. The number of methoxy groups -OCH3 is 1. The molecule has 0 aliphatic heterocycles. The van der Waals surface area contributed by atoms with Crippen molar-refractivity contribution in [2.45, 2.75) is 6.42 Å². The number of pyridine rings is 1. The lowest BCUT2D eigenvalue weighted by Gasteiger charge is -2.14. The molecule has 0 saturated heterocycles. The molecule has 0 fully saturated rings. The zero-order valence-electron chi connectivity index (χ0n) is 12.1. The van der Waals surface area contributed by atoms with Gasteiger partial charge < -0.3 is 9.15 Å². The summed E-state index contributed by atoms with van der Waals surface area (Å²) in [5.41, 5.74) is 1.47. The van der Waals surface area contributed by atoms with Crippen LogP contribution >= 0.6 is 0 Å². The molecule has 0 amide bonds. The molecule has 0 unspecified atom stereocenters. The first-order chi connectivity index (χ1) is 10.7. The number of hydrogen-bond acceptors (Lipinski definition) is 4. The second-order valence-corrected chi connectivity index (χ2v) is 5.20. The van der Waals surface area contributed by atoms with Crippen molar-refractivity contribution in [2.75, 3.05) is 7.11 Å². The third-order valence-corrected chi connectivity index (χ3v) is 4.01. The highest BCUT2D eigenvalue weighted by atomic mass is 16.5. The van der Waals surface area contributed by atoms with Crippen molar-refractivity contribution in [1.82, 2.24) is 4.98 Å². The Hall–Kier alpha value is -2.88. The zero-order valence-corrected chi connectivity index (χ0v) is 12.1. The maximum absolute atomic E-state index is 12.2. The molecule has 0 bridgehead atoms. The third kappa shape index (κ3) is 1.58. The minimum absolute atomic E-state index is 0.355. The highest BCUT2D eigenvalue weighted by molar-refractivity contribution is 6.21. The fourth-order valence-electron chi connectivity index (χ4n) is 3.07. The number of ether oxygens (including phenoxy) is 1. The molecule has 22 heavy (non-hydrogen) atoms. The van der Waals surface area contributed by atoms with E-state index in [0.717, 1.165) is 27.1 Å². The van der Waals surface area contributed by atoms with Crippen LogP contribution in [0.4, 0.5) is 0 Å². The van der Waals surface area contributed by atoms with Gasteiger partial charge in [-0.25, -0.2) is 9.78 Å². The van der Waals surface area contributed by atoms with E-state index < -0.39 is 5.63 Å². The fourth-order valence-corrected chi connectivity index (χ4v) is 3.07. The fraction of sp³-hybridized carbons (Fsp3) is 0.111. The minimum atomic E-state index is -0.444. The zero-order chi connectivity index (χ0) is 15.3. The average Bonchev–Trinajstić information content (AvgIpc) is 2.55. The summed E-state index contributed by atoms with van der Waals surface area (Å²) in [6.07, 6.45) is 4.18. The molecule has 0 radical (unpaired) electrons. The van der Waals surface area contributed by atoms with Crippen LogP contribution < -0.4 is 10.4 Å². The van der Waals surface area contributed by atoms with Gasteiger partial charge in [0.15, 0.2) is 16.8 Å². The van der Waals surface area contributed by atoms with Gasteiger partial charge in [-0.1, -0.05) is 18.2 Å². The molecule has 0 aliphatic carbocycles. The summed E-state index contributed by atoms with van der Waals surface area (Å²) in [5, 5.41) is 3.71. The van der Waals surface area contributed by atoms with E-state index in [4.69, 9.17) is 9.15 Å². The van der Waals surface area contributed by atoms with Gasteiger partial charge in [0.1, 0.15) is 0 Å². The Morgan fingerprint density at radius 3 is 2.95 bits per heavy atom. The molecule has 4 heteroatoms. The summed E-state index contributed by atoms with van der Waals surface area (Å²) in [4.78, 5) is 16.4. The van der Waals surface area contributed by atoms with Crippen molar-refractivity contribution in [2.24, 2.45) is 0 Å². The number of hydrogen-bond donors (Lipinski definition) is 0. The van der Waals surface area contributed by atoms with Crippen LogP contribution in [0.1, 0.15) is 5.56 Å². The summed E-state index contributed by atoms with van der Waals surface area (Å²) < 4.78 is 10.9. The molecule has 0 aliphatic rings. The Kier molecular flexibility index (Phi) is 2.66. The monoisotopic (exact) mass is 291 g/mol. The molecule has 2 aromatic carbocycles. The van der Waals surface area contributed by atoms with Crippen LogP contribution in [0.25, 0.3) is 32.6 Å². The van der Waals surface area contributed by atoms with E-state index in [1.165, 1.54) is 0 Å². The van der Waals surface area contributed by atoms with Crippen molar-refractivity contribution in [3.05, 3.63) is 59.1 Å². The van der Waals surface area contributed by atoms with Crippen LogP contribution in [-0.2, 0) is 6.42 Å². The second-order valence-electron chi connectivity index (χ2n) is 5.20. The van der Waals surface area contributed by atoms with Crippen LogP contribution in [0.3, 0.4) is 0 Å². The molecule has 0 N–H and O–H groups in total. The topological polar surface area (TPSA) is 52.3 Å². The van der Waals surface area contributed by atoms with Crippen molar-refractivity contribution < 1.29 is 9.15 Å². The molecular weight excluding hydrogens is 278 g/mol. The molecule has 4 rings (SSSR count). The van der Waals surface area contributed by atoms with E-state index in [1.807, 2.05) is 30.3 Å². The standard InChI is InChI=1S/C18H13NO3/c1-3-4-11-9-13(21-2)17-15-12(11)6-5-10-7-8-19-16(14(10)15)18(20)22-17/h3,5-9H,1,4H2,2H3. The molecular formula is C18H13NO3. The predicted octanol–water partition coefficient (Wildman–Crippen LogP) is 3.67. The Bertz CT molecular complexity index is 1080. The molecule has 4 aromatic rings. The smallest absolute Gasteiger partial charge is 0.363 e. The van der Waals surface area contributed by atoms with Gasteiger partial charge in [-0.05, 0) is 34.9 Å². The molecule has 0 atom stereocenters. The Balaban J connectivity index is 2.37. The van der Waals surface area contributed by atoms with Crippen molar-refractivity contribution in [3.63, 3.8) is 0 Å². The molecule has 0 spiro atoms. The Labute approximate surface area is 126 Å². The molecule has 2 heterocycles. The van der Waals surface area contributed by atoms with Crippen molar-refractivity contribution in [1.29, 1.82) is 0 Å². The SMILES string of the molecule is C=CCc1cc(OC)c2oc(=O)c3nccc4ccc1c2c43. The highest BCUT2D eigenvalue weighted by Crippen LogP contribution is 2.38. The maximum atomic E-state index is 12.2. The van der Waals surface area contributed by atoms with Crippen molar-refractivity contribution >= 4 is 32.6 Å². The first kappa shape index (κ1) is 12.8. The van der Waals surface area contributed by atoms with Gasteiger partial charge in [-0.2, -0.15) is 0 Å². The van der Waals surface area contributed by atoms with Crippen LogP contribution in [-0.4, -0.2) is 12.1 Å². The summed E-state index contributed by atoms with van der Waals surface area (Å²) in [6, 6.07) is 7.85. The van der Waals surface area contributed by atoms with Gasteiger partial charge in [0.05, 0.1) is 7.11 Å². The Morgan fingerprint density at radius 2 is 2.18 bits per heavy atom. The largest absolute Gasteiger partial charge is 0.493 e. The Morgan fingerprint density at radius 1 is 1.32 bits per heavy atom. The summed E-state index contributed by atoms with van der Waals surface area (Å²) >= 11 is 0. The van der Waals surface area contributed by atoms with Gasteiger partial charge in [0, 0.05) is 17.0 Å². The quantitative estimate of drug-likeness (QED) is 0.328. The van der Waals surface area contributed by atoms with Crippen LogP contribution in [0.15, 0.2) is 52.3 Å². The van der Waals surface area contributed by atoms with E-state index >= 15 is 0 Å². The van der Waals surface area contributed by atoms with Gasteiger partial charge in [-0.15, -0.1) is 6.58 Å². The van der Waals surface area contributed by atoms with E-state index in [9.17, 15) is 4.79 Å². The summed E-state index contributed by atoms with van der Waals surface area (Å²) in [5.74, 6) is 0.555. The third-order valence-electron chi connectivity index (χ3n) is 4.01. The molecule has 0 saturated carbocycles. The van der Waals surface area contributed by atoms with E-state index in [2.05, 4.69) is 11.6 Å². The van der Waals surface area contributed by atoms with E-state index in [0.29, 0.717) is 23.3 Å². The lowest BCUT2D eigenvalue weighted by Crippen LogP contribution is -2.04. The summed E-state index contributed by atoms with van der Waals surface area (Å²) in [6.45, 7) is 3.81. The summed E-state index contributed by atoms with van der Waals surface area (Å²) in [7, 11) is 1.57. The second kappa shape index (κ2) is 4.56. The van der Waals surface area contributed by atoms with Gasteiger partial charge in [0.25, 0.3) is 0 Å². The molecule has 2 aromatic heterocycles. The number of benzene rings is 2. The number of rotatable bonds is 3. The maximum Gasteiger partial charge on any atom is 0.363 e. The lowest BCUT2D eigenvalue weighted by atomic mass is 9.95. The van der Waals surface area contributed by atoms with Gasteiger partial charge in [-0.3, -0.25) is 0 Å². The van der Waals surface area contributed by atoms with Crippen LogP contribution in [0.5, 0.6) is 5.75 Å². The van der Waals surface area contributed by atoms with Gasteiger partial charge >= 0.3 is 5.63 Å². The highest BCUT2D eigenvalue weighted by Gasteiger charge is 2.18. The first-order valence-electron chi connectivity index (χ1n) is 6.99. The lowest BCUT2D eigenvalue weighted by molar-refractivity contribution is 0.407. The van der Waals surface area contributed by atoms with Crippen molar-refractivity contribution in [3.8, 4) is 5.75 Å².